The van der Waals surface area contributed by atoms with E-state index in [0.717, 1.165) is 0 Å². The van der Waals surface area contributed by atoms with Crippen LogP contribution in [0, 0.1) is 11.8 Å². The highest BCUT2D eigenvalue weighted by Crippen LogP contribution is 2.28. The van der Waals surface area contributed by atoms with E-state index in [9.17, 15) is 13.2 Å². The molecule has 0 aromatic heterocycles. The van der Waals surface area contributed by atoms with Crippen molar-refractivity contribution in [2.75, 3.05) is 32.4 Å². The van der Waals surface area contributed by atoms with Gasteiger partial charge in [-0.2, -0.15) is 0 Å². The lowest BCUT2D eigenvalue weighted by molar-refractivity contribution is 0.148. The van der Waals surface area contributed by atoms with Gasteiger partial charge >= 0.3 is 6.03 Å². The zero-order chi connectivity index (χ0) is 17.0. The van der Waals surface area contributed by atoms with Crippen molar-refractivity contribution in [3.8, 4) is 0 Å². The molecule has 1 saturated carbocycles. The predicted octanol–water partition coefficient (Wildman–Crippen LogP) is 1.88. The van der Waals surface area contributed by atoms with Gasteiger partial charge in [0.25, 0.3) is 0 Å². The summed E-state index contributed by atoms with van der Waals surface area (Å²) in [6.07, 6.45) is 6.29. The van der Waals surface area contributed by atoms with E-state index in [1.807, 2.05) is 11.9 Å². The first kappa shape index (κ1) is 18.5. The van der Waals surface area contributed by atoms with Crippen LogP contribution < -0.4 is 5.32 Å². The number of rotatable bonds is 6. The summed E-state index contributed by atoms with van der Waals surface area (Å²) in [6.45, 7) is 5.40. The Kier molecular flexibility index (Phi) is 6.31. The smallest absolute Gasteiger partial charge is 0.317 e. The molecule has 0 radical (unpaired) electrons. The maximum absolute atomic E-state index is 12.3. The fourth-order valence-electron chi connectivity index (χ4n) is 3.54. The summed E-state index contributed by atoms with van der Waals surface area (Å²) in [5, 5.41) is 2.96. The van der Waals surface area contributed by atoms with Gasteiger partial charge in [-0.1, -0.05) is 19.3 Å². The Morgan fingerprint density at radius 1 is 1.26 bits per heavy atom. The average Bonchev–Trinajstić information content (AvgIpc) is 2.52. The minimum Gasteiger partial charge on any atom is -0.338 e. The maximum Gasteiger partial charge on any atom is 0.317 e. The summed E-state index contributed by atoms with van der Waals surface area (Å²) in [5.41, 5.74) is 0. The third-order valence-corrected chi connectivity index (χ3v) is 7.30. The Labute approximate surface area is 140 Å². The van der Waals surface area contributed by atoms with Gasteiger partial charge in [0.2, 0.25) is 10.0 Å². The highest BCUT2D eigenvalue weighted by molar-refractivity contribution is 7.89. The zero-order valence-electron chi connectivity index (χ0n) is 14.6. The van der Waals surface area contributed by atoms with Gasteiger partial charge < -0.3 is 10.2 Å². The molecule has 6 nitrogen and oxygen atoms in total. The molecule has 1 aliphatic carbocycles. The van der Waals surface area contributed by atoms with Crippen LogP contribution in [-0.4, -0.2) is 62.1 Å². The Balaban J connectivity index is 1.71. The van der Waals surface area contributed by atoms with E-state index in [2.05, 4.69) is 12.2 Å². The van der Waals surface area contributed by atoms with Crippen LogP contribution in [0.4, 0.5) is 4.79 Å². The first-order valence-corrected chi connectivity index (χ1v) is 10.4. The number of hydrogen-bond donors (Lipinski definition) is 1. The molecule has 1 atom stereocenters. The second kappa shape index (κ2) is 7.83. The Hall–Kier alpha value is -0.820. The zero-order valence-corrected chi connectivity index (χ0v) is 15.4. The van der Waals surface area contributed by atoms with Gasteiger partial charge in [0, 0.05) is 38.6 Å². The summed E-state index contributed by atoms with van der Waals surface area (Å²) < 4.78 is 24.8. The molecule has 2 fully saturated rings. The van der Waals surface area contributed by atoms with Gasteiger partial charge in [-0.15, -0.1) is 0 Å². The van der Waals surface area contributed by atoms with Gasteiger partial charge in [-0.05, 0) is 32.6 Å². The van der Waals surface area contributed by atoms with Crippen LogP contribution in [0.1, 0.15) is 46.0 Å². The standard InChI is InChI=1S/C16H31N3O3S/c1-4-23(21,22)19-11-14(12-19)10-17-16(20)18(3)13(2)15-8-6-5-7-9-15/h13-15H,4-12H2,1-3H3,(H,17,20)/t13-/m0/s1. The highest BCUT2D eigenvalue weighted by Gasteiger charge is 2.35. The molecular formula is C16H31N3O3S. The molecule has 1 N–H and O–H groups in total. The highest BCUT2D eigenvalue weighted by atomic mass is 32.2. The van der Waals surface area contributed by atoms with Gasteiger partial charge in [0.05, 0.1) is 5.75 Å². The minimum absolute atomic E-state index is 0.0418. The SMILES string of the molecule is CCS(=O)(=O)N1CC(CNC(=O)N(C)[C@@H](C)C2CCCCC2)C1. The van der Waals surface area contributed by atoms with Crippen molar-refractivity contribution in [1.29, 1.82) is 0 Å². The van der Waals surface area contributed by atoms with Crippen LogP contribution in [0.25, 0.3) is 0 Å². The number of urea groups is 1. The first-order chi connectivity index (χ1) is 10.8. The number of nitrogens with zero attached hydrogens (tertiary/aromatic N) is 2. The van der Waals surface area contributed by atoms with Crippen molar-refractivity contribution in [2.45, 2.75) is 52.0 Å². The number of carbonyl (C=O) groups is 1. The summed E-state index contributed by atoms with van der Waals surface area (Å²) in [4.78, 5) is 14.1. The molecule has 23 heavy (non-hydrogen) atoms. The van der Waals surface area contributed by atoms with Gasteiger partial charge in [0.1, 0.15) is 0 Å². The molecule has 1 aliphatic heterocycles. The van der Waals surface area contributed by atoms with Crippen molar-refractivity contribution in [3.63, 3.8) is 0 Å². The molecule has 1 saturated heterocycles. The quantitative estimate of drug-likeness (QED) is 0.799. The number of hydrogen-bond acceptors (Lipinski definition) is 3. The third-order valence-electron chi connectivity index (χ3n) is 5.49. The number of carbonyl (C=O) groups excluding carboxylic acids is 1. The molecule has 1 heterocycles. The average molecular weight is 346 g/mol. The van der Waals surface area contributed by atoms with Crippen LogP contribution in [0.5, 0.6) is 0 Å². The Morgan fingerprint density at radius 2 is 1.87 bits per heavy atom. The predicted molar refractivity (Wildman–Crippen MR) is 91.7 cm³/mol. The maximum atomic E-state index is 12.3. The van der Waals surface area contributed by atoms with Crippen LogP contribution in [0.15, 0.2) is 0 Å². The van der Waals surface area contributed by atoms with E-state index < -0.39 is 10.0 Å². The van der Waals surface area contributed by atoms with E-state index in [-0.39, 0.29) is 23.7 Å². The third kappa shape index (κ3) is 4.59. The van der Waals surface area contributed by atoms with E-state index in [1.54, 1.807) is 6.92 Å². The largest absolute Gasteiger partial charge is 0.338 e. The normalized spacial score (nSPS) is 22.4. The van der Waals surface area contributed by atoms with E-state index in [1.165, 1.54) is 36.4 Å². The fourth-order valence-corrected chi connectivity index (χ4v) is 4.78. The summed E-state index contributed by atoms with van der Waals surface area (Å²) in [6, 6.07) is 0.216. The molecule has 134 valence electrons. The van der Waals surface area contributed by atoms with Gasteiger partial charge in [0.15, 0.2) is 0 Å². The number of amides is 2. The van der Waals surface area contributed by atoms with Gasteiger partial charge in [-0.3, -0.25) is 0 Å². The lowest BCUT2D eigenvalue weighted by Crippen LogP contribution is -2.55. The van der Waals surface area contributed by atoms with Crippen molar-refractivity contribution >= 4 is 16.1 Å². The lowest BCUT2D eigenvalue weighted by atomic mass is 9.84. The van der Waals surface area contributed by atoms with Crippen molar-refractivity contribution in [3.05, 3.63) is 0 Å². The molecule has 2 rings (SSSR count). The van der Waals surface area contributed by atoms with Crippen LogP contribution in [0.3, 0.4) is 0 Å². The summed E-state index contributed by atoms with van der Waals surface area (Å²) in [5.74, 6) is 0.986. The second-order valence-corrected chi connectivity index (χ2v) is 9.28. The van der Waals surface area contributed by atoms with E-state index in [4.69, 9.17) is 0 Å². The van der Waals surface area contributed by atoms with Crippen molar-refractivity contribution < 1.29 is 13.2 Å². The molecule has 7 heteroatoms. The molecule has 0 aromatic rings. The van der Waals surface area contributed by atoms with Crippen molar-refractivity contribution in [2.24, 2.45) is 11.8 Å². The Bertz CT molecular complexity index is 497. The van der Waals surface area contributed by atoms with Crippen LogP contribution in [0.2, 0.25) is 0 Å². The Morgan fingerprint density at radius 3 is 2.43 bits per heavy atom. The first-order valence-electron chi connectivity index (χ1n) is 8.83. The molecule has 2 amide bonds. The number of sulfonamides is 1. The van der Waals surface area contributed by atoms with Crippen LogP contribution >= 0.6 is 0 Å². The molecule has 2 aliphatic rings. The van der Waals surface area contributed by atoms with Crippen molar-refractivity contribution in [1.82, 2.24) is 14.5 Å². The molecule has 0 bridgehead atoms. The second-order valence-electron chi connectivity index (χ2n) is 7.02. The molecule has 0 aromatic carbocycles. The minimum atomic E-state index is -3.07. The topological polar surface area (TPSA) is 69.7 Å². The van der Waals surface area contributed by atoms with E-state index in [0.29, 0.717) is 25.6 Å². The molecule has 0 unspecified atom stereocenters. The summed E-state index contributed by atoms with van der Waals surface area (Å²) in [7, 11) is -1.20. The lowest BCUT2D eigenvalue weighted by Gasteiger charge is -2.39. The van der Waals surface area contributed by atoms with E-state index >= 15 is 0 Å². The molecular weight excluding hydrogens is 314 g/mol. The fraction of sp³-hybridized carbons (Fsp3) is 0.938. The molecule has 0 spiro atoms. The number of nitrogens with one attached hydrogen (secondary N) is 1. The monoisotopic (exact) mass is 345 g/mol. The van der Waals surface area contributed by atoms with Gasteiger partial charge in [-0.25, -0.2) is 17.5 Å². The summed E-state index contributed by atoms with van der Waals surface area (Å²) >= 11 is 0. The van der Waals surface area contributed by atoms with Crippen LogP contribution in [-0.2, 0) is 10.0 Å².